The highest BCUT2D eigenvalue weighted by Crippen LogP contribution is 2.54. The fourth-order valence-electron chi connectivity index (χ4n) is 3.65. The van der Waals surface area contributed by atoms with Gasteiger partial charge in [0, 0.05) is 17.3 Å². The van der Waals surface area contributed by atoms with Gasteiger partial charge >= 0.3 is 5.97 Å². The predicted octanol–water partition coefficient (Wildman–Crippen LogP) is 5.14. The lowest BCUT2D eigenvalue weighted by Gasteiger charge is -2.39. The average molecular weight is 380 g/mol. The van der Waals surface area contributed by atoms with Gasteiger partial charge in [0.05, 0.1) is 17.2 Å². The van der Waals surface area contributed by atoms with Gasteiger partial charge in [-0.3, -0.25) is 4.79 Å². The van der Waals surface area contributed by atoms with E-state index in [9.17, 15) is 14.3 Å². The van der Waals surface area contributed by atoms with Crippen molar-refractivity contribution >= 4 is 35.0 Å². The van der Waals surface area contributed by atoms with E-state index < -0.39 is 11.5 Å². The van der Waals surface area contributed by atoms with Crippen LogP contribution in [0.2, 0.25) is 5.02 Å². The summed E-state index contributed by atoms with van der Waals surface area (Å²) in [4.78, 5) is 13.6. The van der Waals surface area contributed by atoms with E-state index >= 15 is 0 Å². The van der Waals surface area contributed by atoms with Crippen LogP contribution in [0.3, 0.4) is 0 Å². The van der Waals surface area contributed by atoms with Crippen LogP contribution in [0.5, 0.6) is 0 Å². The maximum atomic E-state index is 13.8. The lowest BCUT2D eigenvalue weighted by Crippen LogP contribution is -2.46. The number of carboxylic acid groups (broad SMARTS) is 1. The molecule has 1 heterocycles. The molecule has 0 aromatic heterocycles. The zero-order chi connectivity index (χ0) is 18.2. The van der Waals surface area contributed by atoms with E-state index in [2.05, 4.69) is 4.90 Å². The molecule has 0 aliphatic carbocycles. The first-order valence-corrected chi connectivity index (χ1v) is 9.58. The Kier molecular flexibility index (Phi) is 4.98. The third-order valence-electron chi connectivity index (χ3n) is 4.74. The second kappa shape index (κ2) is 6.89. The van der Waals surface area contributed by atoms with Gasteiger partial charge in [0.1, 0.15) is 5.82 Å². The van der Waals surface area contributed by atoms with Crippen LogP contribution in [-0.2, 0) is 11.3 Å². The van der Waals surface area contributed by atoms with Crippen molar-refractivity contribution in [2.45, 2.75) is 30.7 Å². The number of fused-ring (bicyclic) bond motifs is 1. The third kappa shape index (κ3) is 3.35. The number of carboxylic acids is 1. The molecule has 0 radical (unpaired) electrons. The Morgan fingerprint density at radius 1 is 1.32 bits per heavy atom. The van der Waals surface area contributed by atoms with Crippen LogP contribution < -0.4 is 4.90 Å². The first-order chi connectivity index (χ1) is 11.8. The number of carbonyl (C=O) groups is 1. The number of rotatable bonds is 5. The molecule has 0 saturated carbocycles. The largest absolute Gasteiger partial charge is 0.481 e. The monoisotopic (exact) mass is 379 g/mol. The molecule has 1 N–H and O–H groups in total. The molecule has 6 heteroatoms. The number of thioether (sulfide) groups is 1. The molecule has 1 aliphatic rings. The lowest BCUT2D eigenvalue weighted by molar-refractivity contribution is -0.138. The van der Waals surface area contributed by atoms with Gasteiger partial charge in [-0.15, -0.1) is 0 Å². The summed E-state index contributed by atoms with van der Waals surface area (Å²) >= 11 is 7.52. The van der Waals surface area contributed by atoms with E-state index in [-0.39, 0.29) is 17.5 Å². The fraction of sp³-hybridized carbons (Fsp3) is 0.316. The third-order valence-corrected chi connectivity index (χ3v) is 6.23. The minimum Gasteiger partial charge on any atom is -0.481 e. The van der Waals surface area contributed by atoms with Gasteiger partial charge < -0.3 is 10.0 Å². The van der Waals surface area contributed by atoms with Crippen LogP contribution in [0.15, 0.2) is 42.5 Å². The molecule has 2 atom stereocenters. The van der Waals surface area contributed by atoms with Crippen molar-refractivity contribution in [1.29, 1.82) is 0 Å². The van der Waals surface area contributed by atoms with Crippen LogP contribution >= 0.6 is 23.4 Å². The van der Waals surface area contributed by atoms with Crippen molar-refractivity contribution in [3.63, 3.8) is 0 Å². The molecule has 25 heavy (non-hydrogen) atoms. The number of halogens is 2. The summed E-state index contributed by atoms with van der Waals surface area (Å²) in [6.45, 7) is 2.48. The van der Waals surface area contributed by atoms with Gasteiger partial charge in [0.15, 0.2) is 0 Å². The van der Waals surface area contributed by atoms with Gasteiger partial charge in [-0.1, -0.05) is 23.7 Å². The van der Waals surface area contributed by atoms with Crippen LogP contribution in [0.25, 0.3) is 0 Å². The van der Waals surface area contributed by atoms with Gasteiger partial charge in [-0.05, 0) is 54.6 Å². The Labute approximate surface area is 155 Å². The summed E-state index contributed by atoms with van der Waals surface area (Å²) < 4.78 is 13.8. The number of anilines is 1. The predicted molar refractivity (Wildman–Crippen MR) is 101 cm³/mol. The number of benzene rings is 2. The van der Waals surface area contributed by atoms with Crippen molar-refractivity contribution in [2.75, 3.05) is 11.2 Å². The Morgan fingerprint density at radius 2 is 2.00 bits per heavy atom. The molecule has 0 bridgehead atoms. The average Bonchev–Trinajstić information content (AvgIpc) is 2.76. The summed E-state index contributed by atoms with van der Waals surface area (Å²) in [5.74, 6) is -1.17. The molecular formula is C19H19ClFNO2S. The number of hydrogen-bond acceptors (Lipinski definition) is 3. The molecule has 0 amide bonds. The van der Waals surface area contributed by atoms with Crippen LogP contribution in [0.1, 0.15) is 29.7 Å². The SMILES string of the molecule is CSC1c2cc(F)ccc2N(Cc2ccc(Cl)cc2)C1(C)CC(=O)O. The summed E-state index contributed by atoms with van der Waals surface area (Å²) in [6, 6.07) is 12.2. The summed E-state index contributed by atoms with van der Waals surface area (Å²) in [5, 5.41) is 10.0. The molecule has 132 valence electrons. The molecule has 0 saturated heterocycles. The maximum Gasteiger partial charge on any atom is 0.305 e. The van der Waals surface area contributed by atoms with E-state index in [1.165, 1.54) is 12.1 Å². The number of aliphatic carboxylic acids is 1. The molecule has 2 aromatic rings. The molecule has 2 aromatic carbocycles. The van der Waals surface area contributed by atoms with Crippen molar-refractivity contribution in [3.8, 4) is 0 Å². The summed E-state index contributed by atoms with van der Waals surface area (Å²) in [6.07, 6.45) is 1.91. The first-order valence-electron chi connectivity index (χ1n) is 7.91. The van der Waals surface area contributed by atoms with Crippen molar-refractivity contribution < 1.29 is 14.3 Å². The van der Waals surface area contributed by atoms with Gasteiger partial charge in [-0.25, -0.2) is 4.39 Å². The quantitative estimate of drug-likeness (QED) is 0.781. The van der Waals surface area contributed by atoms with E-state index in [0.29, 0.717) is 11.6 Å². The topological polar surface area (TPSA) is 40.5 Å². The molecule has 1 aliphatic heterocycles. The minimum atomic E-state index is -0.865. The highest BCUT2D eigenvalue weighted by Gasteiger charge is 2.49. The Balaban J connectivity index is 2.07. The Bertz CT molecular complexity index is 799. The molecule has 3 nitrogen and oxygen atoms in total. The standard InChI is InChI=1S/C19H19ClFNO2S/c1-19(10-17(23)24)18(25-2)15-9-14(21)7-8-16(15)22(19)11-12-3-5-13(20)6-4-12/h3-9,18H,10-11H2,1-2H3,(H,23,24). The van der Waals surface area contributed by atoms with Crippen molar-refractivity contribution in [1.82, 2.24) is 0 Å². The van der Waals surface area contributed by atoms with Crippen LogP contribution in [0, 0.1) is 5.82 Å². The zero-order valence-electron chi connectivity index (χ0n) is 14.0. The molecular weight excluding hydrogens is 361 g/mol. The smallest absolute Gasteiger partial charge is 0.305 e. The van der Waals surface area contributed by atoms with Crippen molar-refractivity contribution in [3.05, 3.63) is 64.4 Å². The van der Waals surface area contributed by atoms with E-state index in [0.717, 1.165) is 16.8 Å². The van der Waals surface area contributed by atoms with Gasteiger partial charge in [0.2, 0.25) is 0 Å². The Hall–Kier alpha value is -1.72. The van der Waals surface area contributed by atoms with Crippen LogP contribution in [0.4, 0.5) is 10.1 Å². The van der Waals surface area contributed by atoms with E-state index in [1.54, 1.807) is 17.8 Å². The lowest BCUT2D eigenvalue weighted by atomic mass is 9.91. The van der Waals surface area contributed by atoms with Crippen LogP contribution in [-0.4, -0.2) is 22.9 Å². The number of nitrogens with zero attached hydrogens (tertiary/aromatic N) is 1. The Morgan fingerprint density at radius 3 is 2.60 bits per heavy atom. The molecule has 0 fully saturated rings. The number of hydrogen-bond donors (Lipinski definition) is 1. The fourth-order valence-corrected chi connectivity index (χ4v) is 4.93. The normalized spacial score (nSPS) is 22.1. The highest BCUT2D eigenvalue weighted by molar-refractivity contribution is 7.98. The van der Waals surface area contributed by atoms with Gasteiger partial charge in [-0.2, -0.15) is 11.8 Å². The highest BCUT2D eigenvalue weighted by atomic mass is 35.5. The molecule has 2 unspecified atom stereocenters. The first kappa shape index (κ1) is 18.1. The van der Waals surface area contributed by atoms with Crippen molar-refractivity contribution in [2.24, 2.45) is 0 Å². The summed E-state index contributed by atoms with van der Waals surface area (Å²) in [7, 11) is 0. The molecule has 0 spiro atoms. The second-order valence-electron chi connectivity index (χ2n) is 6.46. The molecule has 3 rings (SSSR count). The minimum absolute atomic E-state index is 0.0254. The second-order valence-corrected chi connectivity index (χ2v) is 7.84. The maximum absolute atomic E-state index is 13.8. The summed E-state index contributed by atoms with van der Waals surface area (Å²) in [5.41, 5.74) is 2.11. The zero-order valence-corrected chi connectivity index (χ0v) is 15.6. The van der Waals surface area contributed by atoms with E-state index in [1.807, 2.05) is 37.4 Å². The van der Waals surface area contributed by atoms with Gasteiger partial charge in [0.25, 0.3) is 0 Å². The van der Waals surface area contributed by atoms with E-state index in [4.69, 9.17) is 11.6 Å².